The molecule has 0 radical (unpaired) electrons. The molecule has 1 aliphatic heterocycles. The van der Waals surface area contributed by atoms with Gasteiger partial charge < -0.3 is 18.9 Å². The summed E-state index contributed by atoms with van der Waals surface area (Å²) in [6, 6.07) is 15.1. The molecule has 0 N–H and O–H groups in total. The van der Waals surface area contributed by atoms with Crippen molar-refractivity contribution < 1.29 is 18.8 Å². The highest BCUT2D eigenvalue weighted by atomic mass is 16.5. The van der Waals surface area contributed by atoms with Crippen molar-refractivity contribution >= 4 is 11.6 Å². The van der Waals surface area contributed by atoms with E-state index in [1.807, 2.05) is 48.5 Å². The van der Waals surface area contributed by atoms with Crippen molar-refractivity contribution in [3.63, 3.8) is 0 Å². The van der Waals surface area contributed by atoms with E-state index in [0.717, 1.165) is 29.8 Å². The summed E-state index contributed by atoms with van der Waals surface area (Å²) in [5.74, 6) is 2.42. The fraction of sp³-hybridized carbons (Fsp3) is 0.348. The summed E-state index contributed by atoms with van der Waals surface area (Å²) in [7, 11) is 1.61. The molecule has 0 aliphatic carbocycles. The molecule has 1 amide bonds. The van der Waals surface area contributed by atoms with Crippen LogP contribution in [0.4, 0.5) is 5.69 Å². The maximum Gasteiger partial charge on any atom is 0.232 e. The number of anilines is 1. The first kappa shape index (κ1) is 19.9. The van der Waals surface area contributed by atoms with E-state index in [1.165, 1.54) is 0 Å². The van der Waals surface area contributed by atoms with Crippen molar-refractivity contribution in [1.29, 1.82) is 0 Å². The van der Waals surface area contributed by atoms with Gasteiger partial charge in [-0.1, -0.05) is 24.6 Å². The van der Waals surface area contributed by atoms with Crippen molar-refractivity contribution in [2.45, 2.75) is 32.1 Å². The Hall–Kier alpha value is -3.35. The molecule has 156 valence electrons. The van der Waals surface area contributed by atoms with Gasteiger partial charge in [0, 0.05) is 30.3 Å². The molecule has 2 heterocycles. The number of amides is 1. The number of aromatic nitrogens is 2. The lowest BCUT2D eigenvalue weighted by atomic mass is 10.1. The third-order valence-corrected chi connectivity index (χ3v) is 5.16. The number of nitrogens with zero attached hydrogens (tertiary/aromatic N) is 3. The van der Waals surface area contributed by atoms with E-state index in [2.05, 4.69) is 17.1 Å². The molecule has 1 saturated heterocycles. The molecule has 2 aromatic carbocycles. The Balaban J connectivity index is 1.44. The fourth-order valence-electron chi connectivity index (χ4n) is 3.45. The van der Waals surface area contributed by atoms with E-state index in [-0.39, 0.29) is 11.8 Å². The van der Waals surface area contributed by atoms with Gasteiger partial charge in [-0.05, 0) is 42.8 Å². The molecule has 4 rings (SSSR count). The number of methoxy groups -OCH3 is 1. The van der Waals surface area contributed by atoms with Crippen LogP contribution >= 0.6 is 0 Å². The Labute approximate surface area is 175 Å². The van der Waals surface area contributed by atoms with Gasteiger partial charge in [0.15, 0.2) is 0 Å². The van der Waals surface area contributed by atoms with Crippen LogP contribution in [0.25, 0.3) is 11.4 Å². The summed E-state index contributed by atoms with van der Waals surface area (Å²) in [6.07, 6.45) is 2.47. The predicted octanol–water partition coefficient (Wildman–Crippen LogP) is 4.44. The van der Waals surface area contributed by atoms with Gasteiger partial charge in [-0.3, -0.25) is 4.79 Å². The summed E-state index contributed by atoms with van der Waals surface area (Å²) in [5.41, 5.74) is 1.65. The van der Waals surface area contributed by atoms with Crippen molar-refractivity contribution in [2.24, 2.45) is 0 Å². The molecule has 1 aliphatic rings. The highest BCUT2D eigenvalue weighted by Crippen LogP contribution is 2.33. The first-order chi connectivity index (χ1) is 14.7. The second-order valence-electron chi connectivity index (χ2n) is 7.29. The zero-order valence-electron chi connectivity index (χ0n) is 17.2. The first-order valence-electron chi connectivity index (χ1n) is 10.2. The van der Waals surface area contributed by atoms with Crippen LogP contribution < -0.4 is 14.4 Å². The number of rotatable bonds is 8. The molecule has 3 aromatic rings. The molecular formula is C23H25N3O4. The van der Waals surface area contributed by atoms with Gasteiger partial charge >= 0.3 is 0 Å². The van der Waals surface area contributed by atoms with Crippen LogP contribution in [-0.4, -0.2) is 36.3 Å². The van der Waals surface area contributed by atoms with Crippen LogP contribution in [0.1, 0.15) is 38.0 Å². The number of benzene rings is 2. The van der Waals surface area contributed by atoms with E-state index < -0.39 is 0 Å². The Morgan fingerprint density at radius 2 is 2.00 bits per heavy atom. The fourth-order valence-corrected chi connectivity index (χ4v) is 3.45. The molecular weight excluding hydrogens is 382 g/mol. The van der Waals surface area contributed by atoms with Crippen molar-refractivity contribution in [3.05, 3.63) is 54.4 Å². The number of ether oxygens (including phenoxy) is 2. The van der Waals surface area contributed by atoms with Crippen molar-refractivity contribution in [2.75, 3.05) is 25.2 Å². The van der Waals surface area contributed by atoms with E-state index in [9.17, 15) is 4.79 Å². The Bertz CT molecular complexity index is 1000. The molecule has 1 aromatic heterocycles. The van der Waals surface area contributed by atoms with Crippen LogP contribution in [0.3, 0.4) is 0 Å². The Morgan fingerprint density at radius 3 is 2.77 bits per heavy atom. The van der Waals surface area contributed by atoms with Crippen LogP contribution in [0.5, 0.6) is 11.5 Å². The molecule has 1 fully saturated rings. The summed E-state index contributed by atoms with van der Waals surface area (Å²) in [4.78, 5) is 18.8. The SMILES string of the molecule is CCCCOc1ccc(-c2noc(C3CC(=O)N(c4cccc(OC)c4)C3)n2)cc1. The molecule has 0 spiro atoms. The summed E-state index contributed by atoms with van der Waals surface area (Å²) < 4.78 is 16.4. The monoisotopic (exact) mass is 407 g/mol. The lowest BCUT2D eigenvalue weighted by Crippen LogP contribution is -2.24. The second kappa shape index (κ2) is 8.98. The van der Waals surface area contributed by atoms with Gasteiger partial charge in [0.25, 0.3) is 0 Å². The van der Waals surface area contributed by atoms with Gasteiger partial charge in [0.1, 0.15) is 11.5 Å². The summed E-state index contributed by atoms with van der Waals surface area (Å²) >= 11 is 0. The van der Waals surface area contributed by atoms with Crippen molar-refractivity contribution in [1.82, 2.24) is 10.1 Å². The predicted molar refractivity (Wildman–Crippen MR) is 113 cm³/mol. The van der Waals surface area contributed by atoms with Crippen LogP contribution in [-0.2, 0) is 4.79 Å². The number of hydrogen-bond donors (Lipinski definition) is 0. The molecule has 0 saturated carbocycles. The minimum Gasteiger partial charge on any atom is -0.497 e. The topological polar surface area (TPSA) is 77.7 Å². The quantitative estimate of drug-likeness (QED) is 0.514. The average Bonchev–Trinajstić information content (AvgIpc) is 3.41. The number of unbranched alkanes of at least 4 members (excludes halogenated alkanes) is 1. The Kier molecular flexibility index (Phi) is 5.97. The van der Waals surface area contributed by atoms with Crippen LogP contribution in [0.2, 0.25) is 0 Å². The summed E-state index contributed by atoms with van der Waals surface area (Å²) in [6.45, 7) is 3.34. The van der Waals surface area contributed by atoms with Gasteiger partial charge in [0.2, 0.25) is 17.6 Å². The molecule has 7 heteroatoms. The van der Waals surface area contributed by atoms with E-state index in [1.54, 1.807) is 12.0 Å². The van der Waals surface area contributed by atoms with Gasteiger partial charge in [-0.15, -0.1) is 0 Å². The van der Waals surface area contributed by atoms with Gasteiger partial charge in [0.05, 0.1) is 19.6 Å². The standard InChI is InChI=1S/C23H25N3O4/c1-3-4-12-29-19-10-8-16(9-11-19)22-24-23(30-25-22)17-13-21(27)26(15-17)18-6-5-7-20(14-18)28-2/h5-11,14,17H,3-4,12-13,15H2,1-2H3. The molecule has 0 bridgehead atoms. The third-order valence-electron chi connectivity index (χ3n) is 5.16. The highest BCUT2D eigenvalue weighted by Gasteiger charge is 2.35. The first-order valence-corrected chi connectivity index (χ1v) is 10.2. The van der Waals surface area contributed by atoms with Crippen LogP contribution in [0.15, 0.2) is 53.1 Å². The minimum atomic E-state index is -0.137. The lowest BCUT2D eigenvalue weighted by molar-refractivity contribution is -0.117. The highest BCUT2D eigenvalue weighted by molar-refractivity contribution is 5.96. The maximum absolute atomic E-state index is 12.6. The third kappa shape index (κ3) is 4.30. The lowest BCUT2D eigenvalue weighted by Gasteiger charge is -2.16. The Morgan fingerprint density at radius 1 is 1.17 bits per heavy atom. The minimum absolute atomic E-state index is 0.0292. The van der Waals surface area contributed by atoms with E-state index in [0.29, 0.717) is 37.0 Å². The molecule has 7 nitrogen and oxygen atoms in total. The van der Waals surface area contributed by atoms with Gasteiger partial charge in [-0.2, -0.15) is 4.98 Å². The zero-order chi connectivity index (χ0) is 20.9. The van der Waals surface area contributed by atoms with Gasteiger partial charge in [-0.25, -0.2) is 0 Å². The largest absolute Gasteiger partial charge is 0.497 e. The number of carbonyl (C=O) groups is 1. The molecule has 1 atom stereocenters. The van der Waals surface area contributed by atoms with E-state index >= 15 is 0 Å². The summed E-state index contributed by atoms with van der Waals surface area (Å²) in [5, 5.41) is 4.11. The van der Waals surface area contributed by atoms with Crippen molar-refractivity contribution in [3.8, 4) is 22.9 Å². The second-order valence-corrected chi connectivity index (χ2v) is 7.29. The molecule has 1 unspecified atom stereocenters. The number of hydrogen-bond acceptors (Lipinski definition) is 6. The van der Waals surface area contributed by atoms with Crippen LogP contribution in [0, 0.1) is 0 Å². The smallest absolute Gasteiger partial charge is 0.232 e. The van der Waals surface area contributed by atoms with E-state index in [4.69, 9.17) is 14.0 Å². The normalized spacial score (nSPS) is 16.1. The maximum atomic E-state index is 12.6. The number of carbonyl (C=O) groups excluding carboxylic acids is 1. The average molecular weight is 407 g/mol. The zero-order valence-corrected chi connectivity index (χ0v) is 17.2. The molecule has 30 heavy (non-hydrogen) atoms.